The van der Waals surface area contributed by atoms with Gasteiger partial charge < -0.3 is 9.84 Å². The maximum absolute atomic E-state index is 9.17. The van der Waals surface area contributed by atoms with E-state index in [1.165, 1.54) is 12.8 Å². The van der Waals surface area contributed by atoms with Crippen molar-refractivity contribution >= 4 is 0 Å². The van der Waals surface area contributed by atoms with Crippen molar-refractivity contribution in [3.8, 4) is 0 Å². The van der Waals surface area contributed by atoms with Gasteiger partial charge >= 0.3 is 0 Å². The zero-order valence-corrected chi connectivity index (χ0v) is 8.99. The van der Waals surface area contributed by atoms with Gasteiger partial charge in [-0.2, -0.15) is 0 Å². The third kappa shape index (κ3) is 3.28. The summed E-state index contributed by atoms with van der Waals surface area (Å²) in [6.07, 6.45) is 4.20. The second-order valence-corrected chi connectivity index (χ2v) is 4.57. The van der Waals surface area contributed by atoms with E-state index in [1.54, 1.807) is 0 Å². The number of hydrogen-bond acceptors (Lipinski definition) is 2. The van der Waals surface area contributed by atoms with Gasteiger partial charge in [-0.3, -0.25) is 0 Å². The average Bonchev–Trinajstić information content (AvgIpc) is 2.46. The van der Waals surface area contributed by atoms with Gasteiger partial charge in [0, 0.05) is 6.61 Å². The Morgan fingerprint density at radius 1 is 1.38 bits per heavy atom. The van der Waals surface area contributed by atoms with Gasteiger partial charge in [0.2, 0.25) is 0 Å². The molecule has 1 saturated heterocycles. The lowest BCUT2D eigenvalue weighted by molar-refractivity contribution is 0.0268. The molecule has 1 aliphatic rings. The normalized spacial score (nSPS) is 31.2. The minimum absolute atomic E-state index is 0.298. The molecular formula is C11H22O2. The Balaban J connectivity index is 2.30. The van der Waals surface area contributed by atoms with Crippen LogP contribution in [0, 0.1) is 11.8 Å². The van der Waals surface area contributed by atoms with Crippen molar-refractivity contribution in [2.75, 3.05) is 6.61 Å². The van der Waals surface area contributed by atoms with E-state index in [9.17, 15) is 0 Å². The van der Waals surface area contributed by atoms with Crippen LogP contribution in [0.4, 0.5) is 0 Å². The molecule has 0 aliphatic carbocycles. The van der Waals surface area contributed by atoms with Gasteiger partial charge in [0.05, 0.1) is 12.2 Å². The predicted octanol–water partition coefficient (Wildman–Crippen LogP) is 2.21. The lowest BCUT2D eigenvalue weighted by Crippen LogP contribution is -2.21. The van der Waals surface area contributed by atoms with Crippen LogP contribution in [0.15, 0.2) is 0 Å². The Kier molecular flexibility index (Phi) is 4.20. The van der Waals surface area contributed by atoms with Crippen LogP contribution >= 0.6 is 0 Å². The van der Waals surface area contributed by atoms with E-state index in [0.717, 1.165) is 6.42 Å². The average molecular weight is 186 g/mol. The molecule has 1 N–H and O–H groups in total. The van der Waals surface area contributed by atoms with Crippen molar-refractivity contribution in [3.05, 3.63) is 0 Å². The molecule has 0 amide bonds. The molecule has 1 heterocycles. The van der Waals surface area contributed by atoms with Gasteiger partial charge in [0.1, 0.15) is 0 Å². The topological polar surface area (TPSA) is 29.5 Å². The summed E-state index contributed by atoms with van der Waals surface area (Å²) in [6, 6.07) is 0. The maximum atomic E-state index is 9.17. The first-order valence-electron chi connectivity index (χ1n) is 5.39. The maximum Gasteiger partial charge on any atom is 0.0583 e. The highest BCUT2D eigenvalue weighted by Crippen LogP contribution is 2.27. The standard InChI is InChI=1S/C11H22O2/c1-8(2)10(7-12)6-11-5-4-9(3)13-11/h8-12H,4-7H2,1-3H3. The molecular weight excluding hydrogens is 164 g/mol. The first-order chi connectivity index (χ1) is 6.13. The summed E-state index contributed by atoms with van der Waals surface area (Å²) in [5, 5.41) is 9.17. The van der Waals surface area contributed by atoms with Gasteiger partial charge in [0.25, 0.3) is 0 Å². The molecule has 1 fully saturated rings. The molecule has 78 valence electrons. The summed E-state index contributed by atoms with van der Waals surface area (Å²) in [7, 11) is 0. The molecule has 2 nitrogen and oxygen atoms in total. The minimum Gasteiger partial charge on any atom is -0.396 e. The van der Waals surface area contributed by atoms with E-state index in [1.807, 2.05) is 0 Å². The molecule has 1 rings (SSSR count). The summed E-state index contributed by atoms with van der Waals surface area (Å²) in [5.41, 5.74) is 0. The lowest BCUT2D eigenvalue weighted by Gasteiger charge is -2.21. The van der Waals surface area contributed by atoms with Crippen LogP contribution in [-0.2, 0) is 4.74 Å². The van der Waals surface area contributed by atoms with E-state index in [2.05, 4.69) is 20.8 Å². The SMILES string of the molecule is CC1CCC(CC(CO)C(C)C)O1. The molecule has 0 aromatic heterocycles. The molecule has 0 saturated carbocycles. The molecule has 0 bridgehead atoms. The summed E-state index contributed by atoms with van der Waals surface area (Å²) < 4.78 is 5.73. The van der Waals surface area contributed by atoms with Crippen LogP contribution in [-0.4, -0.2) is 23.9 Å². The molecule has 13 heavy (non-hydrogen) atoms. The first kappa shape index (κ1) is 11.0. The van der Waals surface area contributed by atoms with Crippen LogP contribution in [0.2, 0.25) is 0 Å². The van der Waals surface area contributed by atoms with Gasteiger partial charge in [-0.15, -0.1) is 0 Å². The highest BCUT2D eigenvalue weighted by Gasteiger charge is 2.25. The number of aliphatic hydroxyl groups excluding tert-OH is 1. The fourth-order valence-electron chi connectivity index (χ4n) is 1.95. The number of ether oxygens (including phenoxy) is 1. The second kappa shape index (κ2) is 4.97. The van der Waals surface area contributed by atoms with Crippen molar-refractivity contribution in [2.24, 2.45) is 11.8 Å². The van der Waals surface area contributed by atoms with E-state index in [4.69, 9.17) is 9.84 Å². The highest BCUT2D eigenvalue weighted by atomic mass is 16.5. The molecule has 2 heteroatoms. The van der Waals surface area contributed by atoms with Crippen molar-refractivity contribution in [1.29, 1.82) is 0 Å². The third-order valence-electron chi connectivity index (χ3n) is 3.06. The Morgan fingerprint density at radius 2 is 2.08 bits per heavy atom. The number of hydrogen-bond donors (Lipinski definition) is 1. The first-order valence-corrected chi connectivity index (χ1v) is 5.39. The third-order valence-corrected chi connectivity index (χ3v) is 3.06. The summed E-state index contributed by atoms with van der Waals surface area (Å²) in [5.74, 6) is 0.972. The van der Waals surface area contributed by atoms with Crippen molar-refractivity contribution in [1.82, 2.24) is 0 Å². The lowest BCUT2D eigenvalue weighted by atomic mass is 9.90. The van der Waals surface area contributed by atoms with E-state index in [0.29, 0.717) is 30.7 Å². The highest BCUT2D eigenvalue weighted by molar-refractivity contribution is 4.75. The molecule has 0 radical (unpaired) electrons. The number of rotatable bonds is 4. The largest absolute Gasteiger partial charge is 0.396 e. The summed E-state index contributed by atoms with van der Waals surface area (Å²) >= 11 is 0. The van der Waals surface area contributed by atoms with Crippen LogP contribution in [0.25, 0.3) is 0 Å². The molecule has 0 aromatic carbocycles. The van der Waals surface area contributed by atoms with Gasteiger partial charge in [-0.05, 0) is 38.0 Å². The monoisotopic (exact) mass is 186 g/mol. The fourth-order valence-corrected chi connectivity index (χ4v) is 1.95. The predicted molar refractivity (Wildman–Crippen MR) is 53.6 cm³/mol. The van der Waals surface area contributed by atoms with Gasteiger partial charge in [0.15, 0.2) is 0 Å². The molecule has 0 aromatic rings. The van der Waals surface area contributed by atoms with Crippen molar-refractivity contribution in [3.63, 3.8) is 0 Å². The minimum atomic E-state index is 0.298. The van der Waals surface area contributed by atoms with Crippen LogP contribution in [0.1, 0.15) is 40.0 Å². The Hall–Kier alpha value is -0.0800. The van der Waals surface area contributed by atoms with Crippen LogP contribution in [0.5, 0.6) is 0 Å². The zero-order chi connectivity index (χ0) is 9.84. The zero-order valence-electron chi connectivity index (χ0n) is 8.99. The molecule has 3 unspecified atom stereocenters. The molecule has 3 atom stereocenters. The number of aliphatic hydroxyl groups is 1. The quantitative estimate of drug-likeness (QED) is 0.729. The Labute approximate surface area is 81.3 Å². The van der Waals surface area contributed by atoms with Gasteiger partial charge in [-0.1, -0.05) is 13.8 Å². The Bertz CT molecular complexity index is 145. The second-order valence-electron chi connectivity index (χ2n) is 4.57. The van der Waals surface area contributed by atoms with E-state index in [-0.39, 0.29) is 0 Å². The van der Waals surface area contributed by atoms with Crippen LogP contribution < -0.4 is 0 Å². The van der Waals surface area contributed by atoms with E-state index >= 15 is 0 Å². The van der Waals surface area contributed by atoms with Crippen molar-refractivity contribution in [2.45, 2.75) is 52.2 Å². The Morgan fingerprint density at radius 3 is 2.46 bits per heavy atom. The fraction of sp³-hybridized carbons (Fsp3) is 1.00. The van der Waals surface area contributed by atoms with Gasteiger partial charge in [-0.25, -0.2) is 0 Å². The van der Waals surface area contributed by atoms with Crippen LogP contribution in [0.3, 0.4) is 0 Å². The summed E-state index contributed by atoms with van der Waals surface area (Å²) in [4.78, 5) is 0. The molecule has 0 spiro atoms. The molecule has 1 aliphatic heterocycles. The van der Waals surface area contributed by atoms with Crippen molar-refractivity contribution < 1.29 is 9.84 Å². The van der Waals surface area contributed by atoms with E-state index < -0.39 is 0 Å². The smallest absolute Gasteiger partial charge is 0.0583 e. The summed E-state index contributed by atoms with van der Waals surface area (Å²) in [6.45, 7) is 6.76.